The number of anilines is 1. The summed E-state index contributed by atoms with van der Waals surface area (Å²) in [5.74, 6) is 0.648. The number of carbonyl (C=O) groups excluding carboxylic acids is 2. The Morgan fingerprint density at radius 2 is 2.00 bits per heavy atom. The second-order valence-corrected chi connectivity index (χ2v) is 9.76. The average Bonchev–Trinajstić information content (AvgIpc) is 3.36. The molecule has 0 bridgehead atoms. The number of ether oxygens (including phenoxy) is 2. The minimum absolute atomic E-state index is 0.0232. The van der Waals surface area contributed by atoms with E-state index >= 15 is 0 Å². The van der Waals surface area contributed by atoms with Crippen LogP contribution in [0.5, 0.6) is 0 Å². The molecule has 0 radical (unpaired) electrons. The summed E-state index contributed by atoms with van der Waals surface area (Å²) in [6.45, 7) is 4.10. The third kappa shape index (κ3) is 4.94. The maximum atomic E-state index is 13.5. The van der Waals surface area contributed by atoms with Crippen molar-refractivity contribution in [2.24, 2.45) is 0 Å². The number of rotatable bonds is 4. The van der Waals surface area contributed by atoms with Crippen LogP contribution in [0.15, 0.2) is 30.3 Å². The summed E-state index contributed by atoms with van der Waals surface area (Å²) in [6, 6.07) is 10.1. The van der Waals surface area contributed by atoms with Gasteiger partial charge in [-0.2, -0.15) is 0 Å². The molecule has 1 unspecified atom stereocenters. The van der Waals surface area contributed by atoms with Crippen molar-refractivity contribution in [3.05, 3.63) is 58.3 Å². The minimum atomic E-state index is -0.237. The molecule has 196 valence electrons. The Labute approximate surface area is 215 Å². The number of pyridine rings is 1. The monoisotopic (exact) mass is 507 g/mol. The molecule has 2 fully saturated rings. The number of amides is 1. The SMILES string of the molecule is CNNc1ccc2c(n1)CCC2C(=O)N1CCN2C[C@@H](c3ccc4c(c3)CCOC4=O)OC[C@@H]2C1.N=N. The molecule has 11 heteroatoms. The van der Waals surface area contributed by atoms with Crippen LogP contribution in [0.1, 0.15) is 51.2 Å². The van der Waals surface area contributed by atoms with Gasteiger partial charge in [0.2, 0.25) is 5.91 Å². The molecule has 2 aromatic rings. The molecule has 0 saturated carbocycles. The van der Waals surface area contributed by atoms with Gasteiger partial charge in [-0.05, 0) is 41.7 Å². The first-order valence-electron chi connectivity index (χ1n) is 12.7. The van der Waals surface area contributed by atoms with Crippen LogP contribution in [0.25, 0.3) is 0 Å². The Kier molecular flexibility index (Phi) is 7.45. The highest BCUT2D eigenvalue weighted by Crippen LogP contribution is 2.35. The minimum Gasteiger partial charge on any atom is -0.462 e. The van der Waals surface area contributed by atoms with Crippen molar-refractivity contribution in [3.63, 3.8) is 0 Å². The number of morpholine rings is 1. The van der Waals surface area contributed by atoms with Crippen molar-refractivity contribution in [2.75, 3.05) is 51.9 Å². The van der Waals surface area contributed by atoms with Crippen molar-refractivity contribution in [1.29, 1.82) is 11.1 Å². The molecule has 11 nitrogen and oxygen atoms in total. The van der Waals surface area contributed by atoms with E-state index in [1.807, 2.05) is 36.2 Å². The first-order valence-corrected chi connectivity index (χ1v) is 12.7. The topological polar surface area (TPSA) is 144 Å². The van der Waals surface area contributed by atoms with Gasteiger partial charge in [0, 0.05) is 45.3 Å². The molecule has 3 atom stereocenters. The lowest BCUT2D eigenvalue weighted by Crippen LogP contribution is -2.60. The first kappa shape index (κ1) is 25.2. The molecule has 0 spiro atoms. The average molecular weight is 508 g/mol. The zero-order valence-corrected chi connectivity index (χ0v) is 21.0. The van der Waals surface area contributed by atoms with Crippen molar-refractivity contribution in [3.8, 4) is 0 Å². The number of aryl methyl sites for hydroxylation is 1. The molecule has 1 amide bonds. The van der Waals surface area contributed by atoms with Crippen LogP contribution >= 0.6 is 0 Å². The molecule has 6 rings (SSSR count). The number of cyclic esters (lactones) is 1. The van der Waals surface area contributed by atoms with Crippen LogP contribution in [0.4, 0.5) is 5.82 Å². The summed E-state index contributed by atoms with van der Waals surface area (Å²) in [7, 11) is 1.81. The highest BCUT2D eigenvalue weighted by atomic mass is 16.5. The van der Waals surface area contributed by atoms with Crippen molar-refractivity contribution < 1.29 is 19.1 Å². The van der Waals surface area contributed by atoms with E-state index in [1.54, 1.807) is 0 Å². The summed E-state index contributed by atoms with van der Waals surface area (Å²) in [4.78, 5) is 34.5. The van der Waals surface area contributed by atoms with E-state index in [2.05, 4.69) is 26.8 Å². The van der Waals surface area contributed by atoms with Gasteiger partial charge in [-0.15, -0.1) is 0 Å². The third-order valence-electron chi connectivity index (χ3n) is 7.74. The Bertz CT molecular complexity index is 1180. The largest absolute Gasteiger partial charge is 0.462 e. The van der Waals surface area contributed by atoms with Gasteiger partial charge in [0.1, 0.15) is 5.82 Å². The van der Waals surface area contributed by atoms with Crippen LogP contribution in [0, 0.1) is 11.1 Å². The standard InChI is InChI=1S/C26H31N5O4.H2N2/c1-27-29-24-7-5-20-21(4-6-22(20)28-24)25(32)31-10-9-30-14-23(35-15-18(30)13-31)17-2-3-19-16(12-17)8-11-34-26(19)33;1-2/h2-3,5,7,12,18,21,23,27H,4,6,8-11,13-15H2,1H3,(H,28,29);1-2H/t18-,21?,23-;/m0./s1. The van der Waals surface area contributed by atoms with Gasteiger partial charge in [-0.1, -0.05) is 18.2 Å². The van der Waals surface area contributed by atoms with E-state index in [1.165, 1.54) is 0 Å². The Morgan fingerprint density at radius 3 is 2.84 bits per heavy atom. The Balaban J connectivity index is 0.00000137. The fraction of sp³-hybridized carbons (Fsp3) is 0.500. The predicted molar refractivity (Wildman–Crippen MR) is 134 cm³/mol. The zero-order valence-electron chi connectivity index (χ0n) is 21.0. The number of esters is 1. The molecular formula is C26H33N7O4. The fourth-order valence-corrected chi connectivity index (χ4v) is 5.88. The summed E-state index contributed by atoms with van der Waals surface area (Å²) in [6.07, 6.45) is 2.37. The van der Waals surface area contributed by atoms with Gasteiger partial charge in [0.15, 0.2) is 0 Å². The number of fused-ring (bicyclic) bond motifs is 3. The summed E-state index contributed by atoms with van der Waals surface area (Å²) in [5, 5.41) is 0. The summed E-state index contributed by atoms with van der Waals surface area (Å²) in [5.41, 5.74) is 20.8. The Hall–Kier alpha value is -3.41. The smallest absolute Gasteiger partial charge is 0.338 e. The van der Waals surface area contributed by atoms with Gasteiger partial charge in [-0.3, -0.25) is 9.69 Å². The predicted octanol–water partition coefficient (Wildman–Crippen LogP) is 2.25. The zero-order chi connectivity index (χ0) is 25.9. The van der Waals surface area contributed by atoms with Gasteiger partial charge in [0.25, 0.3) is 0 Å². The second-order valence-electron chi connectivity index (χ2n) is 9.76. The van der Waals surface area contributed by atoms with Crippen molar-refractivity contribution in [2.45, 2.75) is 37.3 Å². The van der Waals surface area contributed by atoms with Crippen LogP contribution in [-0.2, 0) is 27.1 Å². The molecule has 4 N–H and O–H groups in total. The highest BCUT2D eigenvalue weighted by Gasteiger charge is 2.39. The number of benzene rings is 1. The molecule has 4 aliphatic rings. The molecule has 1 aromatic carbocycles. The van der Waals surface area contributed by atoms with E-state index in [0.717, 1.165) is 67.1 Å². The number of nitrogens with one attached hydrogen (secondary N) is 4. The molecule has 3 aliphatic heterocycles. The lowest BCUT2D eigenvalue weighted by Gasteiger charge is -2.46. The van der Waals surface area contributed by atoms with E-state index in [4.69, 9.17) is 20.5 Å². The highest BCUT2D eigenvalue weighted by molar-refractivity contribution is 5.92. The number of nitrogens with zero attached hydrogens (tertiary/aromatic N) is 3. The lowest BCUT2D eigenvalue weighted by molar-refractivity contribution is -0.141. The fourth-order valence-electron chi connectivity index (χ4n) is 5.88. The molecule has 2 saturated heterocycles. The second kappa shape index (κ2) is 10.9. The number of carbonyl (C=O) groups is 2. The number of hydrogen-bond donors (Lipinski definition) is 4. The summed E-state index contributed by atoms with van der Waals surface area (Å²) < 4.78 is 11.4. The maximum absolute atomic E-state index is 13.5. The number of hydrazine groups is 1. The Morgan fingerprint density at radius 1 is 1.14 bits per heavy atom. The van der Waals surface area contributed by atoms with E-state index in [9.17, 15) is 9.59 Å². The molecule has 1 aliphatic carbocycles. The van der Waals surface area contributed by atoms with E-state index < -0.39 is 0 Å². The van der Waals surface area contributed by atoms with E-state index in [0.29, 0.717) is 25.3 Å². The molecule has 37 heavy (non-hydrogen) atoms. The van der Waals surface area contributed by atoms with Crippen molar-refractivity contribution >= 4 is 17.7 Å². The summed E-state index contributed by atoms with van der Waals surface area (Å²) >= 11 is 0. The number of piperazine rings is 1. The molecule has 4 heterocycles. The van der Waals surface area contributed by atoms with Gasteiger partial charge < -0.3 is 19.8 Å². The maximum Gasteiger partial charge on any atom is 0.338 e. The van der Waals surface area contributed by atoms with Crippen molar-refractivity contribution in [1.82, 2.24) is 20.2 Å². The molecular weight excluding hydrogens is 474 g/mol. The van der Waals surface area contributed by atoms with Gasteiger partial charge in [0.05, 0.1) is 36.8 Å². The molecule has 1 aromatic heterocycles. The van der Waals surface area contributed by atoms with Gasteiger partial charge >= 0.3 is 5.97 Å². The van der Waals surface area contributed by atoms with Crippen LogP contribution in [0.2, 0.25) is 0 Å². The van der Waals surface area contributed by atoms with Crippen LogP contribution in [-0.4, -0.2) is 79.1 Å². The van der Waals surface area contributed by atoms with Crippen LogP contribution < -0.4 is 10.9 Å². The normalized spacial score (nSPS) is 24.6. The number of aromatic nitrogens is 1. The number of hydrogen-bond acceptors (Lipinski definition) is 10. The van der Waals surface area contributed by atoms with E-state index in [-0.39, 0.29) is 29.9 Å². The lowest BCUT2D eigenvalue weighted by atomic mass is 9.96. The van der Waals surface area contributed by atoms with Crippen LogP contribution in [0.3, 0.4) is 0 Å². The first-order chi connectivity index (χ1) is 18.1. The quantitative estimate of drug-likeness (QED) is 0.280. The van der Waals surface area contributed by atoms with Gasteiger partial charge in [-0.25, -0.2) is 26.3 Å². The third-order valence-corrected chi connectivity index (χ3v) is 7.74.